The third-order valence-electron chi connectivity index (χ3n) is 3.68. The molecule has 1 atom stereocenters. The minimum absolute atomic E-state index is 0.00559. The van der Waals surface area contributed by atoms with E-state index in [1.54, 1.807) is 4.90 Å². The first-order valence-corrected chi connectivity index (χ1v) is 8.13. The molecule has 22 heavy (non-hydrogen) atoms. The SMILES string of the molecule is O=C(Nc1ccc(I)cc1)C1CC(=O)N(c2ccccc2)C1. The molecule has 1 saturated heterocycles. The number of nitrogens with zero attached hydrogens (tertiary/aromatic N) is 1. The summed E-state index contributed by atoms with van der Waals surface area (Å²) >= 11 is 2.22. The zero-order valence-electron chi connectivity index (χ0n) is 11.8. The molecule has 1 heterocycles. The zero-order chi connectivity index (χ0) is 15.5. The fraction of sp³-hybridized carbons (Fsp3) is 0.176. The van der Waals surface area contributed by atoms with Crippen LogP contribution in [-0.2, 0) is 9.59 Å². The van der Waals surface area contributed by atoms with Crippen molar-refractivity contribution in [1.82, 2.24) is 0 Å². The molecule has 4 nitrogen and oxygen atoms in total. The summed E-state index contributed by atoms with van der Waals surface area (Å²) in [6.45, 7) is 0.430. The van der Waals surface area contributed by atoms with E-state index in [4.69, 9.17) is 0 Å². The van der Waals surface area contributed by atoms with Crippen molar-refractivity contribution < 1.29 is 9.59 Å². The Morgan fingerprint density at radius 1 is 1.09 bits per heavy atom. The van der Waals surface area contributed by atoms with Gasteiger partial charge < -0.3 is 10.2 Å². The van der Waals surface area contributed by atoms with E-state index in [1.165, 1.54) is 0 Å². The lowest BCUT2D eigenvalue weighted by Crippen LogP contribution is -2.28. The number of anilines is 2. The fourth-order valence-corrected chi connectivity index (χ4v) is 2.88. The van der Waals surface area contributed by atoms with Gasteiger partial charge >= 0.3 is 0 Å². The van der Waals surface area contributed by atoms with Gasteiger partial charge in [-0.25, -0.2) is 0 Å². The Labute approximate surface area is 142 Å². The third-order valence-corrected chi connectivity index (χ3v) is 4.39. The Morgan fingerprint density at radius 3 is 2.45 bits per heavy atom. The molecule has 0 saturated carbocycles. The maximum Gasteiger partial charge on any atom is 0.229 e. The molecular weight excluding hydrogens is 391 g/mol. The van der Waals surface area contributed by atoms with E-state index in [9.17, 15) is 9.59 Å². The van der Waals surface area contributed by atoms with E-state index in [0.717, 1.165) is 14.9 Å². The number of halogens is 1. The molecule has 0 spiro atoms. The molecule has 2 amide bonds. The third kappa shape index (κ3) is 3.30. The van der Waals surface area contributed by atoms with Gasteiger partial charge in [-0.1, -0.05) is 18.2 Å². The molecule has 1 aliphatic rings. The Morgan fingerprint density at radius 2 is 1.77 bits per heavy atom. The van der Waals surface area contributed by atoms with Gasteiger partial charge in [0.05, 0.1) is 5.92 Å². The lowest BCUT2D eigenvalue weighted by molar-refractivity contribution is -0.122. The summed E-state index contributed by atoms with van der Waals surface area (Å²) in [5, 5.41) is 2.88. The molecule has 0 aromatic heterocycles. The lowest BCUT2D eigenvalue weighted by Gasteiger charge is -2.16. The summed E-state index contributed by atoms with van der Waals surface area (Å²) < 4.78 is 1.11. The molecule has 0 radical (unpaired) electrons. The number of nitrogens with one attached hydrogen (secondary N) is 1. The van der Waals surface area contributed by atoms with Crippen molar-refractivity contribution in [2.24, 2.45) is 5.92 Å². The summed E-state index contributed by atoms with van der Waals surface area (Å²) in [6, 6.07) is 17.1. The van der Waals surface area contributed by atoms with Crippen molar-refractivity contribution in [3.8, 4) is 0 Å². The second-order valence-electron chi connectivity index (χ2n) is 5.24. The number of benzene rings is 2. The predicted molar refractivity (Wildman–Crippen MR) is 94.7 cm³/mol. The van der Waals surface area contributed by atoms with Crippen molar-refractivity contribution in [2.75, 3.05) is 16.8 Å². The minimum Gasteiger partial charge on any atom is -0.326 e. The van der Waals surface area contributed by atoms with Crippen molar-refractivity contribution in [3.63, 3.8) is 0 Å². The standard InChI is InChI=1S/C17H15IN2O2/c18-13-6-8-14(9-7-13)19-17(22)12-10-16(21)20(11-12)15-4-2-1-3-5-15/h1-9,12H,10-11H2,(H,19,22). The highest BCUT2D eigenvalue weighted by Gasteiger charge is 2.35. The van der Waals surface area contributed by atoms with Crippen molar-refractivity contribution in [3.05, 3.63) is 58.2 Å². The average Bonchev–Trinajstić information content (AvgIpc) is 2.92. The summed E-state index contributed by atoms with van der Waals surface area (Å²) in [5.41, 5.74) is 1.60. The van der Waals surface area contributed by atoms with Gasteiger partial charge in [0.25, 0.3) is 0 Å². The fourth-order valence-electron chi connectivity index (χ4n) is 2.52. The number of para-hydroxylation sites is 1. The first-order chi connectivity index (χ1) is 10.6. The second kappa shape index (κ2) is 6.48. The molecule has 2 aromatic carbocycles. The largest absolute Gasteiger partial charge is 0.326 e. The summed E-state index contributed by atoms with van der Waals surface area (Å²) in [7, 11) is 0. The summed E-state index contributed by atoms with van der Waals surface area (Å²) in [4.78, 5) is 26.1. The first-order valence-electron chi connectivity index (χ1n) is 7.05. The molecule has 1 unspecified atom stereocenters. The number of hydrogen-bond acceptors (Lipinski definition) is 2. The smallest absolute Gasteiger partial charge is 0.229 e. The van der Waals surface area contributed by atoms with Gasteiger partial charge in [0.1, 0.15) is 0 Å². The van der Waals surface area contributed by atoms with Crippen LogP contribution in [0.3, 0.4) is 0 Å². The maximum atomic E-state index is 12.3. The highest BCUT2D eigenvalue weighted by molar-refractivity contribution is 14.1. The summed E-state index contributed by atoms with van der Waals surface area (Å²) in [6.07, 6.45) is 0.255. The van der Waals surface area contributed by atoms with E-state index >= 15 is 0 Å². The van der Waals surface area contributed by atoms with Gasteiger partial charge in [0.2, 0.25) is 11.8 Å². The Balaban J connectivity index is 1.67. The minimum atomic E-state index is -0.313. The van der Waals surface area contributed by atoms with Gasteiger partial charge in [-0.2, -0.15) is 0 Å². The highest BCUT2D eigenvalue weighted by atomic mass is 127. The van der Waals surface area contributed by atoms with Crippen LogP contribution >= 0.6 is 22.6 Å². The highest BCUT2D eigenvalue weighted by Crippen LogP contribution is 2.25. The van der Waals surface area contributed by atoms with Crippen molar-refractivity contribution >= 4 is 45.8 Å². The van der Waals surface area contributed by atoms with Gasteiger partial charge in [-0.05, 0) is 59.0 Å². The molecule has 1 aliphatic heterocycles. The van der Waals surface area contributed by atoms with E-state index in [-0.39, 0.29) is 24.2 Å². The quantitative estimate of drug-likeness (QED) is 0.796. The molecule has 5 heteroatoms. The van der Waals surface area contributed by atoms with E-state index < -0.39 is 0 Å². The molecular formula is C17H15IN2O2. The number of rotatable bonds is 3. The molecule has 3 rings (SSSR count). The number of carbonyl (C=O) groups is 2. The van der Waals surface area contributed by atoms with Crippen molar-refractivity contribution in [2.45, 2.75) is 6.42 Å². The second-order valence-corrected chi connectivity index (χ2v) is 6.48. The molecule has 112 valence electrons. The molecule has 1 N–H and O–H groups in total. The van der Waals surface area contributed by atoms with Crippen LogP contribution in [0, 0.1) is 9.49 Å². The van der Waals surface area contributed by atoms with Gasteiger partial charge in [-0.3, -0.25) is 9.59 Å². The van der Waals surface area contributed by atoms with Crippen LogP contribution in [-0.4, -0.2) is 18.4 Å². The molecule has 0 bridgehead atoms. The van der Waals surface area contributed by atoms with E-state index in [1.807, 2.05) is 54.6 Å². The molecule has 2 aromatic rings. The summed E-state index contributed by atoms with van der Waals surface area (Å²) in [5.74, 6) is -0.422. The van der Waals surface area contributed by atoms with E-state index in [0.29, 0.717) is 6.54 Å². The topological polar surface area (TPSA) is 49.4 Å². The zero-order valence-corrected chi connectivity index (χ0v) is 14.0. The van der Waals surface area contributed by atoms with Crippen LogP contribution in [0.4, 0.5) is 11.4 Å². The van der Waals surface area contributed by atoms with Crippen LogP contribution in [0.1, 0.15) is 6.42 Å². The van der Waals surface area contributed by atoms with Crippen LogP contribution in [0.2, 0.25) is 0 Å². The number of carbonyl (C=O) groups excluding carboxylic acids is 2. The van der Waals surface area contributed by atoms with Gasteiger partial charge in [0, 0.05) is 27.9 Å². The Hall–Kier alpha value is -1.89. The normalized spacial score (nSPS) is 17.6. The van der Waals surface area contributed by atoms with E-state index in [2.05, 4.69) is 27.9 Å². The van der Waals surface area contributed by atoms with Crippen molar-refractivity contribution in [1.29, 1.82) is 0 Å². The number of hydrogen-bond donors (Lipinski definition) is 1. The Bertz CT molecular complexity index is 686. The molecule has 0 aliphatic carbocycles. The van der Waals surface area contributed by atoms with Crippen LogP contribution in [0.15, 0.2) is 54.6 Å². The van der Waals surface area contributed by atoms with Crippen LogP contribution in [0.25, 0.3) is 0 Å². The Kier molecular flexibility index (Phi) is 4.42. The predicted octanol–water partition coefficient (Wildman–Crippen LogP) is 3.28. The average molecular weight is 406 g/mol. The number of amides is 2. The van der Waals surface area contributed by atoms with Crippen LogP contribution in [0.5, 0.6) is 0 Å². The molecule has 1 fully saturated rings. The first kappa shape index (κ1) is 15.0. The maximum absolute atomic E-state index is 12.3. The van der Waals surface area contributed by atoms with Gasteiger partial charge in [-0.15, -0.1) is 0 Å². The lowest BCUT2D eigenvalue weighted by atomic mass is 10.1. The van der Waals surface area contributed by atoms with Gasteiger partial charge in [0.15, 0.2) is 0 Å². The monoisotopic (exact) mass is 406 g/mol. The van der Waals surface area contributed by atoms with Crippen LogP contribution < -0.4 is 10.2 Å².